The molecule has 0 N–H and O–H groups in total. The van der Waals surface area contributed by atoms with Crippen molar-refractivity contribution in [2.24, 2.45) is 0 Å². The molecule has 0 aromatic heterocycles. The van der Waals surface area contributed by atoms with Gasteiger partial charge in [0, 0.05) is 0 Å². The minimum absolute atomic E-state index is 0. The van der Waals surface area contributed by atoms with E-state index in [4.69, 9.17) is 5.26 Å². The minimum Gasteiger partial charge on any atom is -0.723 e. The van der Waals surface area contributed by atoms with E-state index in [1.807, 2.05) is 6.92 Å². The van der Waals surface area contributed by atoms with E-state index in [0.717, 1.165) is 0 Å². The van der Waals surface area contributed by atoms with Gasteiger partial charge in [-0.1, -0.05) is 12.2 Å². The summed E-state index contributed by atoms with van der Waals surface area (Å²) in [5.41, 5.74) is 0. The quantitative estimate of drug-likeness (QED) is 0.169. The third kappa shape index (κ3) is 11.1. The second-order valence-electron chi connectivity index (χ2n) is 0.854. The molecular formula is C4H7KO2. The van der Waals surface area contributed by atoms with Crippen molar-refractivity contribution in [3.05, 3.63) is 12.2 Å². The standard InChI is InChI=1S/C4H8O2.K/c1-2-3-4-6-5;/h2-3,5H,4H2,1H3;/q;+1/p-1/b3-2-;. The Balaban J connectivity index is 0. The molecule has 0 fully saturated rings. The molecule has 0 bridgehead atoms. The van der Waals surface area contributed by atoms with Gasteiger partial charge < -0.3 is 10.1 Å². The third-order valence-electron chi connectivity index (χ3n) is 0.400. The van der Waals surface area contributed by atoms with Crippen molar-refractivity contribution in [1.29, 1.82) is 0 Å². The van der Waals surface area contributed by atoms with Crippen molar-refractivity contribution in [2.75, 3.05) is 6.61 Å². The van der Waals surface area contributed by atoms with Crippen LogP contribution in [0.25, 0.3) is 0 Å². The summed E-state index contributed by atoms with van der Waals surface area (Å²) in [5, 5.41) is 9.14. The molecule has 0 atom stereocenters. The number of hydrogen-bond donors (Lipinski definition) is 0. The van der Waals surface area contributed by atoms with Gasteiger partial charge in [-0.05, 0) is 6.92 Å². The van der Waals surface area contributed by atoms with E-state index in [-0.39, 0.29) is 58.0 Å². The molecule has 0 aliphatic carbocycles. The van der Waals surface area contributed by atoms with Crippen LogP contribution in [0.15, 0.2) is 12.2 Å². The van der Waals surface area contributed by atoms with E-state index in [1.54, 1.807) is 12.2 Å². The Morgan fingerprint density at radius 1 is 1.71 bits per heavy atom. The van der Waals surface area contributed by atoms with Crippen molar-refractivity contribution in [3.8, 4) is 0 Å². The molecule has 0 heterocycles. The first kappa shape index (κ1) is 11.1. The Morgan fingerprint density at radius 2 is 2.29 bits per heavy atom. The molecule has 0 aromatic rings. The normalized spacial score (nSPS) is 8.86. The van der Waals surface area contributed by atoms with Crippen LogP contribution in [0.3, 0.4) is 0 Å². The van der Waals surface area contributed by atoms with Gasteiger partial charge in [-0.15, -0.1) is 0 Å². The van der Waals surface area contributed by atoms with Gasteiger partial charge in [0.1, 0.15) is 0 Å². The van der Waals surface area contributed by atoms with E-state index in [0.29, 0.717) is 0 Å². The first-order valence-electron chi connectivity index (χ1n) is 1.77. The smallest absolute Gasteiger partial charge is 0.723 e. The first-order valence-corrected chi connectivity index (χ1v) is 1.77. The number of rotatable bonds is 2. The van der Waals surface area contributed by atoms with Crippen LogP contribution in [0, 0.1) is 0 Å². The Kier molecular flexibility index (Phi) is 16.4. The minimum atomic E-state index is 0. The predicted octanol–water partition coefficient (Wildman–Crippen LogP) is -3.14. The zero-order valence-electron chi connectivity index (χ0n) is 4.68. The van der Waals surface area contributed by atoms with Crippen molar-refractivity contribution in [1.82, 2.24) is 0 Å². The predicted molar refractivity (Wildman–Crippen MR) is 20.8 cm³/mol. The number of hydrogen-bond acceptors (Lipinski definition) is 2. The monoisotopic (exact) mass is 126 g/mol. The average molecular weight is 126 g/mol. The van der Waals surface area contributed by atoms with Gasteiger partial charge in [0.25, 0.3) is 0 Å². The molecule has 0 amide bonds. The van der Waals surface area contributed by atoms with Crippen molar-refractivity contribution < 1.29 is 61.5 Å². The van der Waals surface area contributed by atoms with Crippen LogP contribution < -0.4 is 56.6 Å². The Hall–Kier alpha value is 1.30. The van der Waals surface area contributed by atoms with Crippen LogP contribution in [-0.2, 0) is 4.89 Å². The maximum absolute atomic E-state index is 9.14. The Labute approximate surface area is 85.9 Å². The fourth-order valence-corrected chi connectivity index (χ4v) is 0.136. The molecule has 2 nitrogen and oxygen atoms in total. The van der Waals surface area contributed by atoms with Crippen molar-refractivity contribution in [2.45, 2.75) is 6.92 Å². The molecule has 0 radical (unpaired) electrons. The zero-order valence-corrected chi connectivity index (χ0v) is 7.80. The molecular weight excluding hydrogens is 119 g/mol. The van der Waals surface area contributed by atoms with E-state index in [9.17, 15) is 0 Å². The second-order valence-corrected chi connectivity index (χ2v) is 0.854. The summed E-state index contributed by atoms with van der Waals surface area (Å²) in [6.07, 6.45) is 3.41. The van der Waals surface area contributed by atoms with Crippen LogP contribution in [0.4, 0.5) is 0 Å². The Bertz CT molecular complexity index is 45.0. The summed E-state index contributed by atoms with van der Waals surface area (Å²) in [5.74, 6) is 0. The van der Waals surface area contributed by atoms with Crippen LogP contribution >= 0.6 is 0 Å². The van der Waals surface area contributed by atoms with Crippen LogP contribution in [-0.4, -0.2) is 6.61 Å². The van der Waals surface area contributed by atoms with Gasteiger partial charge in [0.05, 0.1) is 6.61 Å². The molecule has 0 aromatic carbocycles. The molecule has 0 spiro atoms. The molecule has 0 saturated heterocycles. The fraction of sp³-hybridized carbons (Fsp3) is 0.500. The van der Waals surface area contributed by atoms with Gasteiger partial charge >= 0.3 is 51.4 Å². The third-order valence-corrected chi connectivity index (χ3v) is 0.400. The first-order chi connectivity index (χ1) is 2.91. The molecule has 3 heteroatoms. The van der Waals surface area contributed by atoms with Crippen LogP contribution in [0.1, 0.15) is 6.92 Å². The van der Waals surface area contributed by atoms with E-state index in [1.165, 1.54) is 0 Å². The molecule has 7 heavy (non-hydrogen) atoms. The van der Waals surface area contributed by atoms with Crippen molar-refractivity contribution in [3.63, 3.8) is 0 Å². The van der Waals surface area contributed by atoms with Crippen molar-refractivity contribution >= 4 is 0 Å². The maximum Gasteiger partial charge on any atom is 1.00 e. The molecule has 0 saturated carbocycles. The molecule has 36 valence electrons. The summed E-state index contributed by atoms with van der Waals surface area (Å²) in [7, 11) is 0. The summed E-state index contributed by atoms with van der Waals surface area (Å²) in [6.45, 7) is 2.01. The van der Waals surface area contributed by atoms with Gasteiger partial charge in [0.2, 0.25) is 0 Å². The summed E-state index contributed by atoms with van der Waals surface area (Å²) >= 11 is 0. The second kappa shape index (κ2) is 10.3. The fourth-order valence-electron chi connectivity index (χ4n) is 0.136. The Morgan fingerprint density at radius 3 is 2.43 bits per heavy atom. The SMILES string of the molecule is C/C=C\CO[O-].[K+]. The van der Waals surface area contributed by atoms with Gasteiger partial charge in [0.15, 0.2) is 0 Å². The topological polar surface area (TPSA) is 32.3 Å². The average Bonchev–Trinajstić information content (AvgIpc) is 1.61. The number of allylic oxidation sites excluding steroid dienone is 1. The molecule has 0 aliphatic rings. The van der Waals surface area contributed by atoms with Crippen LogP contribution in [0.5, 0.6) is 0 Å². The largest absolute Gasteiger partial charge is 1.00 e. The summed E-state index contributed by atoms with van der Waals surface area (Å²) in [4.78, 5) is 3.45. The summed E-state index contributed by atoms with van der Waals surface area (Å²) < 4.78 is 0. The zero-order chi connectivity index (χ0) is 4.83. The van der Waals surface area contributed by atoms with E-state index >= 15 is 0 Å². The van der Waals surface area contributed by atoms with Gasteiger partial charge in [-0.3, -0.25) is 0 Å². The molecule has 0 aliphatic heterocycles. The summed E-state index contributed by atoms with van der Waals surface area (Å²) in [6, 6.07) is 0. The van der Waals surface area contributed by atoms with E-state index in [2.05, 4.69) is 4.89 Å². The molecule has 0 rings (SSSR count). The van der Waals surface area contributed by atoms with Crippen LogP contribution in [0.2, 0.25) is 0 Å². The van der Waals surface area contributed by atoms with E-state index < -0.39 is 0 Å². The molecule has 0 unspecified atom stereocenters. The van der Waals surface area contributed by atoms with Gasteiger partial charge in [-0.25, -0.2) is 0 Å². The maximum atomic E-state index is 9.14. The van der Waals surface area contributed by atoms with Gasteiger partial charge in [-0.2, -0.15) is 0 Å².